The Bertz CT molecular complexity index is 211. The third-order valence-electron chi connectivity index (χ3n) is 1.62. The van der Waals surface area contributed by atoms with Crippen LogP contribution in [0.2, 0.25) is 0 Å². The van der Waals surface area contributed by atoms with E-state index in [9.17, 15) is 13.5 Å². The zero-order chi connectivity index (χ0) is 10.3. The van der Waals surface area contributed by atoms with Crippen LogP contribution in [0.15, 0.2) is 0 Å². The highest BCUT2D eigenvalue weighted by Gasteiger charge is 2.08. The van der Waals surface area contributed by atoms with Crippen molar-refractivity contribution in [2.45, 2.75) is 25.9 Å². The Morgan fingerprint density at radius 1 is 1.38 bits per heavy atom. The maximum Gasteiger partial charge on any atom is 0.147 e. The van der Waals surface area contributed by atoms with Crippen LogP contribution in [0.25, 0.3) is 0 Å². The molecule has 0 aliphatic rings. The highest BCUT2D eigenvalue weighted by atomic mass is 32.2. The summed E-state index contributed by atoms with van der Waals surface area (Å²) in [4.78, 5) is 0. The normalized spacial score (nSPS) is 14.4. The van der Waals surface area contributed by atoms with Crippen molar-refractivity contribution in [3.8, 4) is 0 Å². The highest BCUT2D eigenvalue weighted by molar-refractivity contribution is 7.99. The van der Waals surface area contributed by atoms with Gasteiger partial charge in [0.1, 0.15) is 9.84 Å². The van der Waals surface area contributed by atoms with E-state index in [1.54, 1.807) is 11.8 Å². The molecule has 0 aromatic rings. The molecule has 0 spiro atoms. The van der Waals surface area contributed by atoms with E-state index in [-0.39, 0.29) is 5.75 Å². The Balaban J connectivity index is 3.46. The molecule has 0 heterocycles. The summed E-state index contributed by atoms with van der Waals surface area (Å²) >= 11 is 1.76. The van der Waals surface area contributed by atoms with Gasteiger partial charge in [0.05, 0.1) is 11.9 Å². The first-order valence-corrected chi connectivity index (χ1v) is 7.60. The fourth-order valence-corrected chi connectivity index (χ4v) is 2.29. The molecule has 13 heavy (non-hydrogen) atoms. The van der Waals surface area contributed by atoms with Crippen molar-refractivity contribution in [1.82, 2.24) is 0 Å². The number of rotatable bonds is 7. The number of hydrogen-bond acceptors (Lipinski definition) is 4. The van der Waals surface area contributed by atoms with Gasteiger partial charge in [0.2, 0.25) is 0 Å². The van der Waals surface area contributed by atoms with E-state index < -0.39 is 15.9 Å². The summed E-state index contributed by atoms with van der Waals surface area (Å²) in [6.45, 7) is 2.06. The van der Waals surface area contributed by atoms with Crippen molar-refractivity contribution >= 4 is 21.6 Å². The molecule has 0 aromatic carbocycles. The van der Waals surface area contributed by atoms with E-state index in [0.717, 1.165) is 11.5 Å². The van der Waals surface area contributed by atoms with Crippen LogP contribution in [0, 0.1) is 0 Å². The minimum Gasteiger partial charge on any atom is -0.393 e. The Morgan fingerprint density at radius 2 is 2.00 bits per heavy atom. The van der Waals surface area contributed by atoms with Crippen LogP contribution < -0.4 is 0 Å². The minimum absolute atomic E-state index is 0.0883. The summed E-state index contributed by atoms with van der Waals surface area (Å²) in [5, 5.41) is 9.36. The van der Waals surface area contributed by atoms with E-state index in [4.69, 9.17) is 0 Å². The molecule has 0 saturated carbocycles. The predicted molar refractivity (Wildman–Crippen MR) is 58.0 cm³/mol. The maximum atomic E-state index is 10.7. The van der Waals surface area contributed by atoms with Crippen LogP contribution in [0.5, 0.6) is 0 Å². The smallest absolute Gasteiger partial charge is 0.147 e. The first kappa shape index (κ1) is 13.3. The lowest BCUT2D eigenvalue weighted by atomic mass is 10.2. The molecule has 1 N–H and O–H groups in total. The fraction of sp³-hybridized carbons (Fsp3) is 1.00. The second-order valence-electron chi connectivity index (χ2n) is 3.06. The largest absolute Gasteiger partial charge is 0.393 e. The molecular weight excluding hydrogens is 208 g/mol. The van der Waals surface area contributed by atoms with Crippen LogP contribution in [-0.4, -0.2) is 43.1 Å². The molecule has 0 fully saturated rings. The first-order valence-electron chi connectivity index (χ1n) is 4.39. The zero-order valence-corrected chi connectivity index (χ0v) is 9.83. The van der Waals surface area contributed by atoms with Crippen LogP contribution in [-0.2, 0) is 9.84 Å². The summed E-state index contributed by atoms with van der Waals surface area (Å²) < 4.78 is 21.5. The number of aliphatic hydroxyl groups excluding tert-OH is 1. The molecule has 0 aromatic heterocycles. The van der Waals surface area contributed by atoms with E-state index in [0.29, 0.717) is 12.8 Å². The van der Waals surface area contributed by atoms with E-state index >= 15 is 0 Å². The average molecular weight is 226 g/mol. The highest BCUT2D eigenvalue weighted by Crippen LogP contribution is 2.07. The summed E-state index contributed by atoms with van der Waals surface area (Å²) in [7, 11) is -2.92. The summed E-state index contributed by atoms with van der Waals surface area (Å²) in [6, 6.07) is 0. The molecule has 0 saturated heterocycles. The number of thioether (sulfide) groups is 1. The summed E-state index contributed by atoms with van der Waals surface area (Å²) in [5.41, 5.74) is 0. The van der Waals surface area contributed by atoms with Gasteiger partial charge < -0.3 is 5.11 Å². The standard InChI is InChI=1S/C8H18O3S2/c1-3-12-6-4-8(9)5-7-13(2,10)11/h8-9H,3-7H2,1-2H3. The molecular formula is C8H18O3S2. The lowest BCUT2D eigenvalue weighted by Gasteiger charge is -2.08. The fourth-order valence-electron chi connectivity index (χ4n) is 0.858. The average Bonchev–Trinajstić information content (AvgIpc) is 2.00. The van der Waals surface area contributed by atoms with Crippen molar-refractivity contribution in [3.63, 3.8) is 0 Å². The van der Waals surface area contributed by atoms with Crippen molar-refractivity contribution in [3.05, 3.63) is 0 Å². The van der Waals surface area contributed by atoms with Gasteiger partial charge in [0.25, 0.3) is 0 Å². The van der Waals surface area contributed by atoms with Crippen LogP contribution in [0.4, 0.5) is 0 Å². The SMILES string of the molecule is CCSCCC(O)CCS(C)(=O)=O. The maximum absolute atomic E-state index is 10.7. The van der Waals surface area contributed by atoms with E-state index in [1.807, 2.05) is 0 Å². The van der Waals surface area contributed by atoms with Crippen LogP contribution >= 0.6 is 11.8 Å². The van der Waals surface area contributed by atoms with Gasteiger partial charge >= 0.3 is 0 Å². The quantitative estimate of drug-likeness (QED) is 0.656. The van der Waals surface area contributed by atoms with Gasteiger partial charge in [-0.25, -0.2) is 8.42 Å². The van der Waals surface area contributed by atoms with Crippen molar-refractivity contribution in [1.29, 1.82) is 0 Å². The summed E-state index contributed by atoms with van der Waals surface area (Å²) in [5.74, 6) is 2.03. The molecule has 0 aliphatic carbocycles. The molecule has 1 atom stereocenters. The number of sulfone groups is 1. The second kappa shape index (κ2) is 6.68. The number of hydrogen-bond donors (Lipinski definition) is 1. The van der Waals surface area contributed by atoms with Gasteiger partial charge in [-0.1, -0.05) is 6.92 Å². The van der Waals surface area contributed by atoms with Gasteiger partial charge in [-0.2, -0.15) is 11.8 Å². The summed E-state index contributed by atoms with van der Waals surface area (Å²) in [6.07, 6.45) is 1.78. The van der Waals surface area contributed by atoms with Crippen LogP contribution in [0.1, 0.15) is 19.8 Å². The van der Waals surface area contributed by atoms with Gasteiger partial charge in [-0.05, 0) is 24.3 Å². The van der Waals surface area contributed by atoms with Crippen molar-refractivity contribution in [2.24, 2.45) is 0 Å². The Morgan fingerprint density at radius 3 is 2.46 bits per heavy atom. The molecule has 0 aliphatic heterocycles. The van der Waals surface area contributed by atoms with Gasteiger partial charge in [0, 0.05) is 6.26 Å². The Labute approximate surface area is 84.8 Å². The molecule has 3 nitrogen and oxygen atoms in total. The molecule has 80 valence electrons. The topological polar surface area (TPSA) is 54.4 Å². The van der Waals surface area contributed by atoms with Gasteiger partial charge in [-0.3, -0.25) is 0 Å². The van der Waals surface area contributed by atoms with Crippen molar-refractivity contribution in [2.75, 3.05) is 23.5 Å². The van der Waals surface area contributed by atoms with E-state index in [1.165, 1.54) is 6.26 Å². The molecule has 0 radical (unpaired) electrons. The van der Waals surface area contributed by atoms with Crippen molar-refractivity contribution < 1.29 is 13.5 Å². The van der Waals surface area contributed by atoms with Gasteiger partial charge in [-0.15, -0.1) is 0 Å². The van der Waals surface area contributed by atoms with E-state index in [2.05, 4.69) is 6.92 Å². The Hall–Kier alpha value is 0.260. The minimum atomic E-state index is -2.92. The molecule has 1 unspecified atom stereocenters. The second-order valence-corrected chi connectivity index (χ2v) is 6.71. The number of aliphatic hydroxyl groups is 1. The monoisotopic (exact) mass is 226 g/mol. The molecule has 0 rings (SSSR count). The predicted octanol–water partition coefficient (Wildman–Crippen LogP) is 0.925. The molecule has 0 amide bonds. The first-order chi connectivity index (χ1) is 5.95. The third-order valence-corrected chi connectivity index (χ3v) is 3.53. The van der Waals surface area contributed by atoms with Crippen LogP contribution in [0.3, 0.4) is 0 Å². The lowest BCUT2D eigenvalue weighted by molar-refractivity contribution is 0.168. The van der Waals surface area contributed by atoms with Gasteiger partial charge in [0.15, 0.2) is 0 Å². The molecule has 5 heteroatoms. The zero-order valence-electron chi connectivity index (χ0n) is 8.19. The molecule has 0 bridgehead atoms. The Kier molecular flexibility index (Phi) is 6.81. The lowest BCUT2D eigenvalue weighted by Crippen LogP contribution is -2.14. The third kappa shape index (κ3) is 10.2.